The van der Waals surface area contributed by atoms with Gasteiger partial charge in [0.25, 0.3) is 0 Å². The number of thioether (sulfide) groups is 1. The van der Waals surface area contributed by atoms with E-state index in [1.165, 1.54) is 12.1 Å². The van der Waals surface area contributed by atoms with E-state index in [1.807, 2.05) is 6.92 Å². The molecule has 1 atom stereocenters. The van der Waals surface area contributed by atoms with Crippen molar-refractivity contribution in [3.63, 3.8) is 0 Å². The molecule has 0 radical (unpaired) electrons. The van der Waals surface area contributed by atoms with Crippen LogP contribution in [0.25, 0.3) is 0 Å². The maximum Gasteiger partial charge on any atom is 0.336 e. The number of sulfonamides is 1. The topological polar surface area (TPSA) is 83.5 Å². The molecule has 110 valence electrons. The fraction of sp³-hybridized carbons (Fsp3) is 0.462. The third-order valence-electron chi connectivity index (χ3n) is 3.25. The highest BCUT2D eigenvalue weighted by atomic mass is 32.2. The molecule has 1 aliphatic heterocycles. The lowest BCUT2D eigenvalue weighted by Gasteiger charge is -2.13. The lowest BCUT2D eigenvalue weighted by molar-refractivity contribution is 0.0695. The van der Waals surface area contributed by atoms with E-state index in [0.717, 1.165) is 17.9 Å². The van der Waals surface area contributed by atoms with Gasteiger partial charge in [-0.2, -0.15) is 11.8 Å². The fourth-order valence-corrected chi connectivity index (χ4v) is 4.70. The quantitative estimate of drug-likeness (QED) is 0.864. The molecule has 1 fully saturated rings. The molecule has 5 nitrogen and oxygen atoms in total. The first-order valence-corrected chi connectivity index (χ1v) is 9.04. The molecular formula is C13H17NO4S2. The largest absolute Gasteiger partial charge is 0.478 e. The van der Waals surface area contributed by atoms with Gasteiger partial charge in [0.05, 0.1) is 10.5 Å². The number of benzene rings is 1. The van der Waals surface area contributed by atoms with Gasteiger partial charge in [-0.1, -0.05) is 13.0 Å². The molecule has 0 aliphatic carbocycles. The summed E-state index contributed by atoms with van der Waals surface area (Å²) in [5, 5.41) is 9.15. The number of aromatic carboxylic acids is 1. The summed E-state index contributed by atoms with van der Waals surface area (Å²) in [6.07, 6.45) is 1.36. The van der Waals surface area contributed by atoms with Gasteiger partial charge in [0, 0.05) is 11.8 Å². The fourth-order valence-electron chi connectivity index (χ4n) is 2.15. The van der Waals surface area contributed by atoms with Crippen LogP contribution in [0.2, 0.25) is 0 Å². The van der Waals surface area contributed by atoms with Gasteiger partial charge in [-0.15, -0.1) is 0 Å². The third kappa shape index (κ3) is 3.34. The van der Waals surface area contributed by atoms with Crippen molar-refractivity contribution in [1.82, 2.24) is 4.72 Å². The highest BCUT2D eigenvalue weighted by molar-refractivity contribution is 7.99. The molecule has 1 saturated heterocycles. The molecular weight excluding hydrogens is 298 g/mol. The summed E-state index contributed by atoms with van der Waals surface area (Å²) in [4.78, 5) is 11.2. The van der Waals surface area contributed by atoms with Gasteiger partial charge < -0.3 is 5.11 Å². The Balaban J connectivity index is 2.31. The second kappa shape index (κ2) is 6.15. The van der Waals surface area contributed by atoms with Crippen LogP contribution < -0.4 is 4.72 Å². The Morgan fingerprint density at radius 3 is 2.80 bits per heavy atom. The molecule has 20 heavy (non-hydrogen) atoms. The zero-order valence-corrected chi connectivity index (χ0v) is 12.8. The molecule has 0 saturated carbocycles. The van der Waals surface area contributed by atoms with Crippen LogP contribution in [-0.4, -0.2) is 37.0 Å². The van der Waals surface area contributed by atoms with E-state index in [2.05, 4.69) is 4.72 Å². The minimum absolute atomic E-state index is 0.0176. The van der Waals surface area contributed by atoms with Crippen molar-refractivity contribution in [3.05, 3.63) is 29.3 Å². The van der Waals surface area contributed by atoms with Crippen molar-refractivity contribution in [2.45, 2.75) is 30.7 Å². The smallest absolute Gasteiger partial charge is 0.336 e. The molecule has 0 aromatic heterocycles. The van der Waals surface area contributed by atoms with E-state index in [1.54, 1.807) is 17.8 Å². The Bertz CT molecular complexity index is 607. The Labute approximate surface area is 122 Å². The standard InChI is InChI=1S/C13H17NO4S2/c1-2-9-3-4-11(7-12(9)13(15)16)20(17,18)14-10-5-6-19-8-10/h3-4,7,10,14H,2,5-6,8H2,1H3,(H,15,16). The van der Waals surface area contributed by atoms with Crippen molar-refractivity contribution < 1.29 is 18.3 Å². The van der Waals surface area contributed by atoms with Crippen LogP contribution in [0.15, 0.2) is 23.1 Å². The monoisotopic (exact) mass is 315 g/mol. The minimum Gasteiger partial charge on any atom is -0.478 e. The molecule has 0 amide bonds. The number of hydrogen-bond acceptors (Lipinski definition) is 4. The van der Waals surface area contributed by atoms with Crippen LogP contribution in [0, 0.1) is 0 Å². The minimum atomic E-state index is -3.65. The maximum absolute atomic E-state index is 12.2. The molecule has 1 aromatic carbocycles. The molecule has 0 bridgehead atoms. The van der Waals surface area contributed by atoms with Crippen LogP contribution in [0.1, 0.15) is 29.3 Å². The van der Waals surface area contributed by atoms with Gasteiger partial charge in [-0.25, -0.2) is 17.9 Å². The third-order valence-corrected chi connectivity index (χ3v) is 5.94. The molecule has 1 aromatic rings. The predicted octanol–water partition coefficient (Wildman–Crippen LogP) is 1.73. The van der Waals surface area contributed by atoms with Crippen LogP contribution >= 0.6 is 11.8 Å². The van der Waals surface area contributed by atoms with E-state index in [-0.39, 0.29) is 16.5 Å². The van der Waals surface area contributed by atoms with Gasteiger partial charge in [-0.05, 0) is 36.3 Å². The van der Waals surface area contributed by atoms with Crippen LogP contribution in [-0.2, 0) is 16.4 Å². The molecule has 0 spiro atoms. The normalized spacial score (nSPS) is 19.1. The highest BCUT2D eigenvalue weighted by Crippen LogP contribution is 2.21. The Hall–Kier alpha value is -1.05. The van der Waals surface area contributed by atoms with E-state index < -0.39 is 16.0 Å². The summed E-state index contributed by atoms with van der Waals surface area (Å²) >= 11 is 1.71. The zero-order chi connectivity index (χ0) is 14.8. The number of rotatable bonds is 5. The Kier molecular flexibility index (Phi) is 4.72. The lowest BCUT2D eigenvalue weighted by Crippen LogP contribution is -2.34. The number of nitrogens with one attached hydrogen (secondary N) is 1. The van der Waals surface area contributed by atoms with Crippen LogP contribution in [0.4, 0.5) is 0 Å². The summed E-state index contributed by atoms with van der Waals surface area (Å²) in [6, 6.07) is 4.21. The SMILES string of the molecule is CCc1ccc(S(=O)(=O)NC2CCSC2)cc1C(=O)O. The number of carbonyl (C=O) groups is 1. The van der Waals surface area contributed by atoms with E-state index in [4.69, 9.17) is 5.11 Å². The average molecular weight is 315 g/mol. The van der Waals surface area contributed by atoms with Gasteiger partial charge in [0.2, 0.25) is 10.0 Å². The summed E-state index contributed by atoms with van der Waals surface area (Å²) in [7, 11) is -3.65. The van der Waals surface area contributed by atoms with E-state index in [9.17, 15) is 13.2 Å². The number of carboxylic acid groups (broad SMARTS) is 1. The Morgan fingerprint density at radius 2 is 2.25 bits per heavy atom. The lowest BCUT2D eigenvalue weighted by atomic mass is 10.1. The molecule has 7 heteroatoms. The first-order valence-electron chi connectivity index (χ1n) is 6.40. The molecule has 1 heterocycles. The maximum atomic E-state index is 12.2. The summed E-state index contributed by atoms with van der Waals surface area (Å²) in [5.74, 6) is 0.607. The molecule has 1 aliphatic rings. The van der Waals surface area contributed by atoms with Crippen molar-refractivity contribution in [2.24, 2.45) is 0 Å². The zero-order valence-electron chi connectivity index (χ0n) is 11.1. The Morgan fingerprint density at radius 1 is 1.50 bits per heavy atom. The van der Waals surface area contributed by atoms with Crippen molar-refractivity contribution in [3.8, 4) is 0 Å². The van der Waals surface area contributed by atoms with Gasteiger partial charge in [-0.3, -0.25) is 0 Å². The van der Waals surface area contributed by atoms with Crippen LogP contribution in [0.3, 0.4) is 0 Å². The number of hydrogen-bond donors (Lipinski definition) is 2. The second-order valence-corrected chi connectivity index (χ2v) is 7.52. The summed E-state index contributed by atoms with van der Waals surface area (Å²) in [6.45, 7) is 1.84. The number of aryl methyl sites for hydroxylation is 1. The highest BCUT2D eigenvalue weighted by Gasteiger charge is 2.24. The first kappa shape index (κ1) is 15.3. The summed E-state index contributed by atoms with van der Waals surface area (Å²) in [5.41, 5.74) is 0.684. The van der Waals surface area contributed by atoms with Crippen LogP contribution in [0.5, 0.6) is 0 Å². The van der Waals surface area contributed by atoms with Crippen molar-refractivity contribution >= 4 is 27.8 Å². The summed E-state index contributed by atoms with van der Waals surface area (Å²) < 4.78 is 27.1. The van der Waals surface area contributed by atoms with Gasteiger partial charge >= 0.3 is 5.97 Å². The predicted molar refractivity (Wildman–Crippen MR) is 78.8 cm³/mol. The molecule has 2 rings (SSSR count). The van der Waals surface area contributed by atoms with Gasteiger partial charge in [0.15, 0.2) is 0 Å². The van der Waals surface area contributed by atoms with E-state index in [0.29, 0.717) is 12.0 Å². The van der Waals surface area contributed by atoms with Gasteiger partial charge in [0.1, 0.15) is 0 Å². The first-order chi connectivity index (χ1) is 9.44. The number of carboxylic acids is 1. The molecule has 1 unspecified atom stereocenters. The second-order valence-electron chi connectivity index (χ2n) is 4.66. The average Bonchev–Trinajstić information content (AvgIpc) is 2.89. The van der Waals surface area contributed by atoms with Crippen molar-refractivity contribution in [2.75, 3.05) is 11.5 Å². The molecule has 2 N–H and O–H groups in total. The van der Waals surface area contributed by atoms with Crippen molar-refractivity contribution in [1.29, 1.82) is 0 Å². The van der Waals surface area contributed by atoms with E-state index >= 15 is 0 Å².